The topological polar surface area (TPSA) is 56.7 Å². The maximum Gasteiger partial charge on any atom is 0.164 e. The molecule has 0 aliphatic heterocycles. The van der Waals surface area contributed by atoms with Crippen LogP contribution in [-0.4, -0.2) is 19.5 Å². The van der Waals surface area contributed by atoms with E-state index in [1.807, 2.05) is 72.8 Å². The summed E-state index contributed by atoms with van der Waals surface area (Å²) >= 11 is 0. The Labute approximate surface area is 328 Å². The highest BCUT2D eigenvalue weighted by atomic mass is 16.3. The molecule has 0 fully saturated rings. The van der Waals surface area contributed by atoms with Crippen LogP contribution in [0.15, 0.2) is 192 Å². The van der Waals surface area contributed by atoms with Crippen molar-refractivity contribution in [1.29, 1.82) is 0 Å². The van der Waals surface area contributed by atoms with E-state index in [0.29, 0.717) is 17.5 Å². The predicted molar refractivity (Wildman–Crippen MR) is 231 cm³/mol. The molecule has 1 unspecified atom stereocenters. The van der Waals surface area contributed by atoms with Crippen LogP contribution >= 0.6 is 0 Å². The number of nitrogens with zero attached hydrogens (tertiary/aromatic N) is 4. The molecular weight excluding hydrogens is 697 g/mol. The smallest absolute Gasteiger partial charge is 0.164 e. The minimum absolute atomic E-state index is 0.157. The Morgan fingerprint density at radius 3 is 1.82 bits per heavy atom. The number of aromatic nitrogens is 4. The van der Waals surface area contributed by atoms with E-state index in [1.165, 1.54) is 44.1 Å². The molecule has 3 aromatic heterocycles. The van der Waals surface area contributed by atoms with Crippen LogP contribution in [0, 0.1) is 0 Å². The Balaban J connectivity index is 1.06. The fraction of sp³-hybridized carbons (Fsp3) is 0.0192. The lowest BCUT2D eigenvalue weighted by molar-refractivity contribution is 0.668. The number of furan rings is 1. The van der Waals surface area contributed by atoms with Crippen molar-refractivity contribution in [3.05, 3.63) is 205 Å². The second-order valence-electron chi connectivity index (χ2n) is 14.7. The van der Waals surface area contributed by atoms with E-state index < -0.39 is 0 Å². The van der Waals surface area contributed by atoms with Crippen LogP contribution in [0.3, 0.4) is 0 Å². The fourth-order valence-corrected chi connectivity index (χ4v) is 9.02. The quantitative estimate of drug-likeness (QED) is 0.177. The summed E-state index contributed by atoms with van der Waals surface area (Å²) in [6.07, 6.45) is 0. The molecule has 0 spiro atoms. The van der Waals surface area contributed by atoms with Crippen molar-refractivity contribution in [2.75, 3.05) is 0 Å². The largest absolute Gasteiger partial charge is 0.456 e. The zero-order valence-electron chi connectivity index (χ0n) is 30.7. The average molecular weight is 729 g/mol. The molecule has 0 bridgehead atoms. The van der Waals surface area contributed by atoms with E-state index in [2.05, 4.69) is 120 Å². The summed E-state index contributed by atoms with van der Waals surface area (Å²) in [5, 5.41) is 4.44. The molecule has 266 valence electrons. The molecule has 0 radical (unpaired) electrons. The van der Waals surface area contributed by atoms with Crippen LogP contribution in [0.4, 0.5) is 0 Å². The lowest BCUT2D eigenvalue weighted by atomic mass is 9.89. The number of fused-ring (bicyclic) bond motifs is 9. The van der Waals surface area contributed by atoms with Crippen molar-refractivity contribution in [3.8, 4) is 51.0 Å². The lowest BCUT2D eigenvalue weighted by Crippen LogP contribution is -2.00. The molecule has 8 aromatic carbocycles. The molecule has 12 rings (SSSR count). The summed E-state index contributed by atoms with van der Waals surface area (Å²) in [4.78, 5) is 15.1. The van der Waals surface area contributed by atoms with Crippen LogP contribution in [-0.2, 0) is 0 Å². The summed E-state index contributed by atoms with van der Waals surface area (Å²) in [6.45, 7) is 0. The van der Waals surface area contributed by atoms with Gasteiger partial charge in [0.25, 0.3) is 0 Å². The van der Waals surface area contributed by atoms with Gasteiger partial charge in [-0.25, -0.2) is 15.0 Å². The molecule has 0 saturated carbocycles. The van der Waals surface area contributed by atoms with Gasteiger partial charge in [-0.3, -0.25) is 0 Å². The van der Waals surface area contributed by atoms with Crippen molar-refractivity contribution in [3.63, 3.8) is 0 Å². The summed E-state index contributed by atoms with van der Waals surface area (Å²) in [6, 6.07) is 66.2. The maximum absolute atomic E-state index is 6.71. The Kier molecular flexibility index (Phi) is 6.92. The first-order valence-electron chi connectivity index (χ1n) is 19.3. The van der Waals surface area contributed by atoms with Crippen molar-refractivity contribution in [2.45, 2.75) is 5.92 Å². The minimum Gasteiger partial charge on any atom is -0.456 e. The van der Waals surface area contributed by atoms with Crippen LogP contribution in [0.25, 0.3) is 94.7 Å². The van der Waals surface area contributed by atoms with Gasteiger partial charge in [-0.05, 0) is 64.2 Å². The van der Waals surface area contributed by atoms with Gasteiger partial charge >= 0.3 is 0 Å². The molecule has 11 aromatic rings. The normalized spacial score (nSPS) is 13.4. The number of para-hydroxylation sites is 1. The minimum atomic E-state index is 0.157. The number of hydrogen-bond acceptors (Lipinski definition) is 4. The van der Waals surface area contributed by atoms with Gasteiger partial charge in [0, 0.05) is 55.9 Å². The average Bonchev–Trinajstić information content (AvgIpc) is 3.93. The van der Waals surface area contributed by atoms with Crippen molar-refractivity contribution < 1.29 is 4.42 Å². The highest BCUT2D eigenvalue weighted by Gasteiger charge is 2.31. The van der Waals surface area contributed by atoms with E-state index in [0.717, 1.165) is 49.8 Å². The summed E-state index contributed by atoms with van der Waals surface area (Å²) in [7, 11) is 0. The van der Waals surface area contributed by atoms with Gasteiger partial charge in [0.05, 0.1) is 11.0 Å². The van der Waals surface area contributed by atoms with Crippen molar-refractivity contribution in [2.24, 2.45) is 0 Å². The fourth-order valence-electron chi connectivity index (χ4n) is 9.02. The standard InChI is InChI=1S/C52H32N4O/c1-4-15-32(16-5-1)48-38-23-11-10-21-36(38)41-30-42-37-22-12-13-25-44(37)56(45(42)31-43(41)48)35-27-28-39-47(29-35)57-46-26-14-24-40(49(39)46)52-54-50(33-17-6-2-7-18-33)53-51(55-52)34-19-8-3-9-20-34/h1-31,48H. The van der Waals surface area contributed by atoms with E-state index in [4.69, 9.17) is 19.4 Å². The molecule has 1 aliphatic carbocycles. The van der Waals surface area contributed by atoms with Crippen LogP contribution in [0.5, 0.6) is 0 Å². The molecule has 0 amide bonds. The highest BCUT2D eigenvalue weighted by molar-refractivity contribution is 6.14. The second kappa shape index (κ2) is 12.4. The molecule has 0 saturated heterocycles. The number of rotatable bonds is 5. The zero-order chi connectivity index (χ0) is 37.5. The molecule has 1 aliphatic rings. The van der Waals surface area contributed by atoms with Crippen LogP contribution in [0.2, 0.25) is 0 Å². The summed E-state index contributed by atoms with van der Waals surface area (Å²) < 4.78 is 9.11. The van der Waals surface area contributed by atoms with Gasteiger partial charge in [-0.2, -0.15) is 0 Å². The van der Waals surface area contributed by atoms with Gasteiger partial charge < -0.3 is 8.98 Å². The Morgan fingerprint density at radius 1 is 0.404 bits per heavy atom. The lowest BCUT2D eigenvalue weighted by Gasteiger charge is -2.15. The highest BCUT2D eigenvalue weighted by Crippen LogP contribution is 2.50. The molecule has 5 nitrogen and oxygen atoms in total. The van der Waals surface area contributed by atoms with Gasteiger partial charge in [-0.1, -0.05) is 146 Å². The van der Waals surface area contributed by atoms with E-state index in [-0.39, 0.29) is 5.92 Å². The van der Waals surface area contributed by atoms with Crippen LogP contribution in [0.1, 0.15) is 22.6 Å². The van der Waals surface area contributed by atoms with E-state index >= 15 is 0 Å². The van der Waals surface area contributed by atoms with Gasteiger partial charge in [0.1, 0.15) is 11.2 Å². The third kappa shape index (κ3) is 4.92. The Hall–Kier alpha value is -7.63. The monoisotopic (exact) mass is 728 g/mol. The molecule has 1 atom stereocenters. The Bertz CT molecular complexity index is 3290. The first-order chi connectivity index (χ1) is 28.3. The molecule has 0 N–H and O–H groups in total. The first-order valence-corrected chi connectivity index (χ1v) is 19.3. The summed E-state index contributed by atoms with van der Waals surface area (Å²) in [5.41, 5.74) is 14.3. The third-order valence-corrected chi connectivity index (χ3v) is 11.5. The second-order valence-corrected chi connectivity index (χ2v) is 14.7. The Morgan fingerprint density at radius 2 is 1.05 bits per heavy atom. The predicted octanol–water partition coefficient (Wildman–Crippen LogP) is 13.0. The first kappa shape index (κ1) is 31.7. The third-order valence-electron chi connectivity index (χ3n) is 11.5. The molecular formula is C52H32N4O. The van der Waals surface area contributed by atoms with Gasteiger partial charge in [0.15, 0.2) is 17.5 Å². The molecule has 3 heterocycles. The zero-order valence-corrected chi connectivity index (χ0v) is 30.7. The SMILES string of the molecule is c1ccc(-c2nc(-c3ccccc3)nc(-c3cccc4oc5cc(-n6c7ccccc7c7cc8c(cc76)C(c6ccccc6)c6ccccc6-8)ccc5c34)n2)cc1. The van der Waals surface area contributed by atoms with Gasteiger partial charge in [0.2, 0.25) is 0 Å². The van der Waals surface area contributed by atoms with E-state index in [1.54, 1.807) is 0 Å². The van der Waals surface area contributed by atoms with Crippen molar-refractivity contribution in [1.82, 2.24) is 19.5 Å². The molecule has 57 heavy (non-hydrogen) atoms. The number of hydrogen-bond donors (Lipinski definition) is 0. The van der Waals surface area contributed by atoms with Gasteiger partial charge in [-0.15, -0.1) is 0 Å². The maximum atomic E-state index is 6.71. The summed E-state index contributed by atoms with van der Waals surface area (Å²) in [5.74, 6) is 2.01. The number of benzene rings is 8. The van der Waals surface area contributed by atoms with Crippen LogP contribution < -0.4 is 0 Å². The van der Waals surface area contributed by atoms with Crippen molar-refractivity contribution >= 4 is 43.7 Å². The van der Waals surface area contributed by atoms with E-state index in [9.17, 15) is 0 Å². The molecule has 5 heteroatoms.